The van der Waals surface area contributed by atoms with Crippen LogP contribution in [0, 0.1) is 13.8 Å². The van der Waals surface area contributed by atoms with Crippen molar-refractivity contribution in [3.05, 3.63) is 89.5 Å². The highest BCUT2D eigenvalue weighted by molar-refractivity contribution is 7.92. The lowest BCUT2D eigenvalue weighted by Crippen LogP contribution is -2.52. The van der Waals surface area contributed by atoms with Gasteiger partial charge >= 0.3 is 0 Å². The Morgan fingerprint density at radius 1 is 0.923 bits per heavy atom. The Labute approximate surface area is 231 Å². The molecule has 1 unspecified atom stereocenters. The summed E-state index contributed by atoms with van der Waals surface area (Å²) in [6, 6.07) is 20.0. The van der Waals surface area contributed by atoms with Gasteiger partial charge in [-0.1, -0.05) is 55.0 Å². The van der Waals surface area contributed by atoms with E-state index in [2.05, 4.69) is 5.32 Å². The first kappa shape index (κ1) is 29.7. The zero-order chi connectivity index (χ0) is 28.6. The van der Waals surface area contributed by atoms with Crippen molar-refractivity contribution in [2.75, 3.05) is 24.5 Å². The second kappa shape index (κ2) is 13.3. The zero-order valence-corrected chi connectivity index (χ0v) is 24.0. The summed E-state index contributed by atoms with van der Waals surface area (Å²) in [7, 11) is -2.53. The molecule has 2 amide bonds. The van der Waals surface area contributed by atoms with Gasteiger partial charge in [0.2, 0.25) is 11.8 Å². The summed E-state index contributed by atoms with van der Waals surface area (Å²) in [6.07, 6.45) is 0.364. The predicted octanol–water partition coefficient (Wildman–Crippen LogP) is 4.45. The van der Waals surface area contributed by atoms with Gasteiger partial charge in [0.15, 0.2) is 0 Å². The number of amides is 2. The Bertz CT molecular complexity index is 1370. The third-order valence-electron chi connectivity index (χ3n) is 6.52. The molecule has 208 valence electrons. The van der Waals surface area contributed by atoms with E-state index >= 15 is 0 Å². The van der Waals surface area contributed by atoms with E-state index in [4.69, 9.17) is 4.74 Å². The Morgan fingerprint density at radius 2 is 1.56 bits per heavy atom. The standard InChI is InChI=1S/C30H37N3O5S/c1-6-27(30(35)31-7-2)32(20-24-14-16-25(38-5)17-15-24)29(34)21-33(28-11-9-8-10-23(28)4)39(36,37)26-18-12-22(3)13-19-26/h8-19,27H,6-7,20-21H2,1-5H3,(H,31,35). The quantitative estimate of drug-likeness (QED) is 0.359. The van der Waals surface area contributed by atoms with Crippen LogP contribution in [0.1, 0.15) is 37.0 Å². The Hall–Kier alpha value is -3.85. The molecule has 0 spiro atoms. The number of anilines is 1. The average molecular weight is 552 g/mol. The molecule has 0 bridgehead atoms. The molecule has 0 aliphatic heterocycles. The summed E-state index contributed by atoms with van der Waals surface area (Å²) in [5, 5.41) is 2.81. The minimum Gasteiger partial charge on any atom is -0.497 e. The first-order valence-electron chi connectivity index (χ1n) is 13.0. The summed E-state index contributed by atoms with van der Waals surface area (Å²) < 4.78 is 34.2. The van der Waals surface area contributed by atoms with E-state index in [1.54, 1.807) is 68.6 Å². The number of likely N-dealkylation sites (N-methyl/N-ethyl adjacent to an activating group) is 1. The zero-order valence-electron chi connectivity index (χ0n) is 23.2. The van der Waals surface area contributed by atoms with Gasteiger partial charge in [0.1, 0.15) is 18.3 Å². The summed E-state index contributed by atoms with van der Waals surface area (Å²) in [4.78, 5) is 28.6. The molecule has 0 fully saturated rings. The molecule has 0 aromatic heterocycles. The number of hydrogen-bond donors (Lipinski definition) is 1. The molecule has 0 saturated heterocycles. The number of benzene rings is 3. The summed E-state index contributed by atoms with van der Waals surface area (Å²) in [5.74, 6) is -0.101. The van der Waals surface area contributed by atoms with Crippen LogP contribution in [0.2, 0.25) is 0 Å². The lowest BCUT2D eigenvalue weighted by Gasteiger charge is -2.33. The Morgan fingerprint density at radius 3 is 2.13 bits per heavy atom. The van der Waals surface area contributed by atoms with Crippen LogP contribution in [0.5, 0.6) is 5.75 Å². The average Bonchev–Trinajstić information content (AvgIpc) is 2.92. The predicted molar refractivity (Wildman–Crippen MR) is 153 cm³/mol. The minimum atomic E-state index is -4.10. The van der Waals surface area contributed by atoms with Crippen LogP contribution in [0.15, 0.2) is 77.7 Å². The van der Waals surface area contributed by atoms with Crippen molar-refractivity contribution >= 4 is 27.5 Å². The monoisotopic (exact) mass is 551 g/mol. The molecule has 39 heavy (non-hydrogen) atoms. The number of nitrogens with zero attached hydrogens (tertiary/aromatic N) is 2. The van der Waals surface area contributed by atoms with E-state index in [9.17, 15) is 18.0 Å². The number of hydrogen-bond acceptors (Lipinski definition) is 5. The van der Waals surface area contributed by atoms with E-state index in [1.165, 1.54) is 4.90 Å². The van der Waals surface area contributed by atoms with Gasteiger partial charge in [-0.05, 0) is 68.7 Å². The van der Waals surface area contributed by atoms with Crippen LogP contribution < -0.4 is 14.4 Å². The van der Waals surface area contributed by atoms with Crippen molar-refractivity contribution in [1.29, 1.82) is 0 Å². The number of carbonyl (C=O) groups is 2. The van der Waals surface area contributed by atoms with Crippen LogP contribution in [0.4, 0.5) is 5.69 Å². The van der Waals surface area contributed by atoms with Crippen molar-refractivity contribution in [3.8, 4) is 5.75 Å². The SMILES string of the molecule is CCNC(=O)C(CC)N(Cc1ccc(OC)cc1)C(=O)CN(c1ccccc1C)S(=O)(=O)c1ccc(C)cc1. The first-order chi connectivity index (χ1) is 18.6. The minimum absolute atomic E-state index is 0.0848. The fourth-order valence-corrected chi connectivity index (χ4v) is 5.81. The molecule has 0 aliphatic carbocycles. The highest BCUT2D eigenvalue weighted by Gasteiger charge is 2.34. The van der Waals surface area contributed by atoms with Gasteiger partial charge in [-0.15, -0.1) is 0 Å². The number of sulfonamides is 1. The first-order valence-corrected chi connectivity index (χ1v) is 14.4. The van der Waals surface area contributed by atoms with Crippen molar-refractivity contribution in [2.24, 2.45) is 0 Å². The molecule has 3 aromatic carbocycles. The van der Waals surface area contributed by atoms with Crippen molar-refractivity contribution in [1.82, 2.24) is 10.2 Å². The van der Waals surface area contributed by atoms with Crippen molar-refractivity contribution < 1.29 is 22.7 Å². The van der Waals surface area contributed by atoms with Gasteiger partial charge in [0, 0.05) is 13.1 Å². The number of aryl methyl sites for hydroxylation is 2. The maximum absolute atomic E-state index is 14.0. The summed E-state index contributed by atoms with van der Waals surface area (Å²) in [6.45, 7) is 7.40. The van der Waals surface area contributed by atoms with E-state index in [0.29, 0.717) is 30.0 Å². The Balaban J connectivity index is 2.06. The van der Waals surface area contributed by atoms with Crippen LogP contribution >= 0.6 is 0 Å². The largest absolute Gasteiger partial charge is 0.497 e. The van der Waals surface area contributed by atoms with Gasteiger partial charge in [-0.2, -0.15) is 0 Å². The van der Waals surface area contributed by atoms with E-state index < -0.39 is 28.5 Å². The van der Waals surface area contributed by atoms with E-state index in [0.717, 1.165) is 15.4 Å². The molecule has 0 heterocycles. The van der Waals surface area contributed by atoms with Crippen LogP contribution in [0.3, 0.4) is 0 Å². The van der Waals surface area contributed by atoms with Gasteiger partial charge in [0.25, 0.3) is 10.0 Å². The molecule has 1 atom stereocenters. The van der Waals surface area contributed by atoms with Gasteiger partial charge in [-0.3, -0.25) is 13.9 Å². The maximum atomic E-state index is 14.0. The third kappa shape index (κ3) is 7.17. The molecule has 3 rings (SSSR count). The lowest BCUT2D eigenvalue weighted by molar-refractivity contribution is -0.140. The molecule has 8 nitrogen and oxygen atoms in total. The smallest absolute Gasteiger partial charge is 0.264 e. The Kier molecular flexibility index (Phi) is 10.1. The molecular formula is C30H37N3O5S. The summed E-state index contributed by atoms with van der Waals surface area (Å²) >= 11 is 0. The van der Waals surface area contributed by atoms with Crippen LogP contribution in [0.25, 0.3) is 0 Å². The van der Waals surface area contributed by atoms with Gasteiger partial charge in [0.05, 0.1) is 17.7 Å². The van der Waals surface area contributed by atoms with Gasteiger partial charge < -0.3 is 15.0 Å². The number of carbonyl (C=O) groups excluding carboxylic acids is 2. The molecule has 0 aliphatic rings. The second-order valence-electron chi connectivity index (χ2n) is 9.30. The molecule has 0 radical (unpaired) electrons. The molecule has 1 N–H and O–H groups in total. The number of ether oxygens (including phenoxy) is 1. The number of nitrogens with one attached hydrogen (secondary N) is 1. The molecule has 0 saturated carbocycles. The third-order valence-corrected chi connectivity index (χ3v) is 8.29. The number of methoxy groups -OCH3 is 1. The van der Waals surface area contributed by atoms with Crippen molar-refractivity contribution in [3.63, 3.8) is 0 Å². The number of rotatable bonds is 12. The van der Waals surface area contributed by atoms with E-state index in [-0.39, 0.29) is 17.3 Å². The lowest BCUT2D eigenvalue weighted by atomic mass is 10.1. The molecular weight excluding hydrogens is 514 g/mol. The van der Waals surface area contributed by atoms with Crippen LogP contribution in [-0.2, 0) is 26.2 Å². The summed E-state index contributed by atoms with van der Waals surface area (Å²) in [5.41, 5.74) is 2.82. The molecule has 3 aromatic rings. The fraction of sp³-hybridized carbons (Fsp3) is 0.333. The highest BCUT2D eigenvalue weighted by atomic mass is 32.2. The normalized spacial score (nSPS) is 11.9. The van der Waals surface area contributed by atoms with E-state index in [1.807, 2.05) is 39.0 Å². The van der Waals surface area contributed by atoms with Crippen LogP contribution in [-0.4, -0.2) is 51.4 Å². The highest BCUT2D eigenvalue weighted by Crippen LogP contribution is 2.28. The fourth-order valence-electron chi connectivity index (χ4n) is 4.33. The molecule has 9 heteroatoms. The second-order valence-corrected chi connectivity index (χ2v) is 11.2. The maximum Gasteiger partial charge on any atom is 0.264 e. The topological polar surface area (TPSA) is 96.0 Å². The number of para-hydroxylation sites is 1. The van der Waals surface area contributed by atoms with Crippen molar-refractivity contribution in [2.45, 2.75) is 51.6 Å². The van der Waals surface area contributed by atoms with Gasteiger partial charge in [-0.25, -0.2) is 8.42 Å².